The second kappa shape index (κ2) is 4.86. The van der Waals surface area contributed by atoms with Gasteiger partial charge in [0.25, 0.3) is 0 Å². The fourth-order valence-electron chi connectivity index (χ4n) is 2.89. The van der Waals surface area contributed by atoms with Crippen LogP contribution in [0.1, 0.15) is 57.2 Å². The van der Waals surface area contributed by atoms with Gasteiger partial charge in [-0.15, -0.1) is 0 Å². The Morgan fingerprint density at radius 3 is 2.72 bits per heavy atom. The van der Waals surface area contributed by atoms with Crippen molar-refractivity contribution in [3.63, 3.8) is 0 Å². The molecule has 0 radical (unpaired) electrons. The van der Waals surface area contributed by atoms with Gasteiger partial charge in [0, 0.05) is 18.0 Å². The first-order valence-electron chi connectivity index (χ1n) is 7.13. The van der Waals surface area contributed by atoms with E-state index in [2.05, 4.69) is 28.9 Å². The maximum Gasteiger partial charge on any atom is 0.0820 e. The highest BCUT2D eigenvalue weighted by atomic mass is 35.5. The zero-order valence-corrected chi connectivity index (χ0v) is 12.0. The van der Waals surface area contributed by atoms with Gasteiger partial charge in [-0.2, -0.15) is 5.10 Å². The van der Waals surface area contributed by atoms with Crippen LogP contribution in [-0.2, 0) is 0 Å². The van der Waals surface area contributed by atoms with Gasteiger partial charge >= 0.3 is 0 Å². The molecule has 18 heavy (non-hydrogen) atoms. The van der Waals surface area contributed by atoms with Gasteiger partial charge in [-0.25, -0.2) is 0 Å². The van der Waals surface area contributed by atoms with Gasteiger partial charge in [0.15, 0.2) is 0 Å². The van der Waals surface area contributed by atoms with Crippen LogP contribution in [0.5, 0.6) is 0 Å². The molecule has 2 fully saturated rings. The average Bonchev–Trinajstić information content (AvgIpc) is 3.03. The highest BCUT2D eigenvalue weighted by Gasteiger charge is 2.37. The number of nitrogens with zero attached hydrogens (tertiary/aromatic N) is 2. The Kier molecular flexibility index (Phi) is 3.37. The van der Waals surface area contributed by atoms with E-state index < -0.39 is 0 Å². The molecule has 1 N–H and O–H groups in total. The highest BCUT2D eigenvalue weighted by Crippen LogP contribution is 2.45. The van der Waals surface area contributed by atoms with E-state index in [-0.39, 0.29) is 0 Å². The van der Waals surface area contributed by atoms with E-state index in [0.29, 0.717) is 12.0 Å². The summed E-state index contributed by atoms with van der Waals surface area (Å²) in [5.41, 5.74) is 1.26. The van der Waals surface area contributed by atoms with E-state index >= 15 is 0 Å². The number of nitrogens with one attached hydrogen (secondary N) is 1. The number of hydrogen-bond donors (Lipinski definition) is 1. The molecule has 1 aromatic heterocycles. The predicted octanol–water partition coefficient (Wildman–Crippen LogP) is 3.36. The molecule has 2 unspecified atom stereocenters. The lowest BCUT2D eigenvalue weighted by Crippen LogP contribution is -2.36. The first-order chi connectivity index (χ1) is 8.66. The summed E-state index contributed by atoms with van der Waals surface area (Å²) in [4.78, 5) is 0. The summed E-state index contributed by atoms with van der Waals surface area (Å²) in [5.74, 6) is 1.35. The molecule has 4 heteroatoms. The van der Waals surface area contributed by atoms with Gasteiger partial charge in [0.2, 0.25) is 0 Å². The molecule has 2 atom stereocenters. The third-order valence-electron chi connectivity index (χ3n) is 4.29. The van der Waals surface area contributed by atoms with Gasteiger partial charge in [-0.1, -0.05) is 11.6 Å². The van der Waals surface area contributed by atoms with Crippen molar-refractivity contribution in [1.82, 2.24) is 15.1 Å². The molecule has 100 valence electrons. The molecular weight excluding hydrogens is 246 g/mol. The molecule has 0 saturated heterocycles. The van der Waals surface area contributed by atoms with Crippen molar-refractivity contribution in [2.45, 2.75) is 57.5 Å². The molecule has 0 aromatic carbocycles. The van der Waals surface area contributed by atoms with Crippen LogP contribution in [0.2, 0.25) is 5.02 Å². The van der Waals surface area contributed by atoms with Crippen LogP contribution in [0.25, 0.3) is 0 Å². The van der Waals surface area contributed by atoms with Crippen LogP contribution in [0.15, 0.2) is 6.20 Å². The van der Waals surface area contributed by atoms with Crippen molar-refractivity contribution < 1.29 is 0 Å². The summed E-state index contributed by atoms with van der Waals surface area (Å²) in [5, 5.41) is 8.92. The fourth-order valence-corrected chi connectivity index (χ4v) is 3.16. The molecule has 0 spiro atoms. The third-order valence-corrected chi connectivity index (χ3v) is 4.58. The number of halogens is 1. The molecule has 1 heterocycles. The Labute approximate surface area is 114 Å². The van der Waals surface area contributed by atoms with E-state index in [1.165, 1.54) is 31.4 Å². The van der Waals surface area contributed by atoms with Gasteiger partial charge in [0.05, 0.1) is 16.9 Å². The molecule has 2 aliphatic carbocycles. The maximum absolute atomic E-state index is 6.33. The summed E-state index contributed by atoms with van der Waals surface area (Å²) < 4.78 is 2.11. The monoisotopic (exact) mass is 267 g/mol. The van der Waals surface area contributed by atoms with E-state index in [0.717, 1.165) is 23.5 Å². The van der Waals surface area contributed by atoms with E-state index in [1.807, 2.05) is 0 Å². The van der Waals surface area contributed by atoms with Gasteiger partial charge in [0.1, 0.15) is 0 Å². The molecule has 0 amide bonds. The van der Waals surface area contributed by atoms with E-state index in [1.54, 1.807) is 6.20 Å². The largest absolute Gasteiger partial charge is 0.314 e. The summed E-state index contributed by atoms with van der Waals surface area (Å²) in [7, 11) is 0. The van der Waals surface area contributed by atoms with E-state index in [4.69, 9.17) is 11.6 Å². The zero-order valence-electron chi connectivity index (χ0n) is 11.2. The Morgan fingerprint density at radius 1 is 1.39 bits per heavy atom. The fraction of sp³-hybridized carbons (Fsp3) is 0.786. The summed E-state index contributed by atoms with van der Waals surface area (Å²) in [6.45, 7) is 5.49. The van der Waals surface area contributed by atoms with Crippen molar-refractivity contribution in [3.8, 4) is 0 Å². The van der Waals surface area contributed by atoms with Gasteiger partial charge in [-0.05, 0) is 52.0 Å². The van der Waals surface area contributed by atoms with E-state index in [9.17, 15) is 0 Å². The van der Waals surface area contributed by atoms with Crippen LogP contribution in [0.3, 0.4) is 0 Å². The zero-order chi connectivity index (χ0) is 12.7. The van der Waals surface area contributed by atoms with Crippen molar-refractivity contribution in [3.05, 3.63) is 16.9 Å². The molecule has 2 saturated carbocycles. The minimum atomic E-state index is 0.394. The van der Waals surface area contributed by atoms with Crippen LogP contribution >= 0.6 is 11.6 Å². The average molecular weight is 268 g/mol. The molecule has 2 aliphatic rings. The quantitative estimate of drug-likeness (QED) is 0.887. The van der Waals surface area contributed by atoms with Gasteiger partial charge in [-0.3, -0.25) is 4.68 Å². The Balaban J connectivity index is 1.71. The second-order valence-electron chi connectivity index (χ2n) is 6.04. The Bertz CT molecular complexity index is 423. The van der Waals surface area contributed by atoms with Gasteiger partial charge < -0.3 is 5.32 Å². The Hall–Kier alpha value is -0.540. The first-order valence-corrected chi connectivity index (χ1v) is 7.51. The lowest BCUT2D eigenvalue weighted by atomic mass is 9.71. The van der Waals surface area contributed by atoms with Crippen molar-refractivity contribution in [2.75, 3.05) is 6.54 Å². The number of rotatable bonds is 5. The van der Waals surface area contributed by atoms with Crippen LogP contribution < -0.4 is 5.32 Å². The minimum absolute atomic E-state index is 0.394. The van der Waals surface area contributed by atoms with Crippen LogP contribution in [0.4, 0.5) is 0 Å². The van der Waals surface area contributed by atoms with Crippen molar-refractivity contribution in [2.24, 2.45) is 5.92 Å². The SMILES string of the molecule is CC(C)n1ncc(Cl)c1C1CCC1CNC1CC1. The maximum atomic E-state index is 6.33. The predicted molar refractivity (Wildman–Crippen MR) is 74.1 cm³/mol. The minimum Gasteiger partial charge on any atom is -0.314 e. The second-order valence-corrected chi connectivity index (χ2v) is 6.45. The van der Waals surface area contributed by atoms with Crippen LogP contribution in [0, 0.1) is 5.92 Å². The summed E-state index contributed by atoms with van der Waals surface area (Å²) >= 11 is 6.33. The summed E-state index contributed by atoms with van der Waals surface area (Å²) in [6, 6.07) is 1.20. The molecule has 3 nitrogen and oxygen atoms in total. The van der Waals surface area contributed by atoms with Crippen LogP contribution in [-0.4, -0.2) is 22.4 Å². The normalized spacial score (nSPS) is 27.6. The smallest absolute Gasteiger partial charge is 0.0820 e. The summed E-state index contributed by atoms with van der Waals surface area (Å²) in [6.07, 6.45) is 7.11. The standard InChI is InChI=1S/C14H22ClN3/c1-9(2)18-14(13(15)8-17-18)12-6-3-10(12)7-16-11-4-5-11/h8-12,16H,3-7H2,1-2H3. The molecule has 3 rings (SSSR count). The Morgan fingerprint density at radius 2 is 2.17 bits per heavy atom. The number of hydrogen-bond acceptors (Lipinski definition) is 2. The van der Waals surface area contributed by atoms with Crippen molar-refractivity contribution in [1.29, 1.82) is 0 Å². The highest BCUT2D eigenvalue weighted by molar-refractivity contribution is 6.31. The van der Waals surface area contributed by atoms with Crippen molar-refractivity contribution >= 4 is 11.6 Å². The lowest BCUT2D eigenvalue weighted by molar-refractivity contribution is 0.230. The first kappa shape index (κ1) is 12.5. The third kappa shape index (κ3) is 2.30. The molecule has 1 aromatic rings. The molecular formula is C14H22ClN3. The molecule has 0 bridgehead atoms. The number of aromatic nitrogens is 2. The molecule has 0 aliphatic heterocycles. The topological polar surface area (TPSA) is 29.9 Å². The lowest BCUT2D eigenvalue weighted by Gasteiger charge is -2.38.